The Balaban J connectivity index is 2.48. The minimum absolute atomic E-state index is 0.641. The molecule has 1 N–H and O–H groups in total. The van der Waals surface area contributed by atoms with E-state index in [-0.39, 0.29) is 0 Å². The van der Waals surface area contributed by atoms with Crippen LogP contribution in [0.25, 0.3) is 0 Å². The van der Waals surface area contributed by atoms with Crippen molar-refractivity contribution >= 4 is 0 Å². The average Bonchev–Trinajstić information content (AvgIpc) is 2.13. The van der Waals surface area contributed by atoms with E-state index in [0.717, 1.165) is 0 Å². The van der Waals surface area contributed by atoms with Crippen molar-refractivity contribution in [1.29, 1.82) is 0 Å². The summed E-state index contributed by atoms with van der Waals surface area (Å²) in [4.78, 5) is 0. The van der Waals surface area contributed by atoms with Crippen LogP contribution in [0.2, 0.25) is 0 Å². The van der Waals surface area contributed by atoms with Gasteiger partial charge in [-0.3, -0.25) is 0 Å². The van der Waals surface area contributed by atoms with Crippen LogP contribution in [-0.2, 0) is 0 Å². The van der Waals surface area contributed by atoms with Crippen LogP contribution in [0.3, 0.4) is 0 Å². The van der Waals surface area contributed by atoms with Gasteiger partial charge >= 0.3 is 0 Å². The van der Waals surface area contributed by atoms with Crippen molar-refractivity contribution in [2.45, 2.75) is 38.6 Å². The molecule has 10 heavy (non-hydrogen) atoms. The lowest BCUT2D eigenvalue weighted by atomic mass is 10.1. The van der Waals surface area contributed by atoms with Gasteiger partial charge in [-0.1, -0.05) is 18.1 Å². The maximum atomic E-state index is 3.30. The maximum absolute atomic E-state index is 3.30. The first-order chi connectivity index (χ1) is 4.83. The first kappa shape index (κ1) is 7.80. The number of hydrogen-bond donors (Lipinski definition) is 1. The van der Waals surface area contributed by atoms with Gasteiger partial charge in [0, 0.05) is 6.04 Å². The van der Waals surface area contributed by atoms with E-state index in [9.17, 15) is 0 Å². The molecule has 1 heteroatoms. The topological polar surface area (TPSA) is 12.0 Å². The summed E-state index contributed by atoms with van der Waals surface area (Å²) in [6.07, 6.45) is 7.74. The fourth-order valence-corrected chi connectivity index (χ4v) is 1.51. The Labute approximate surface area is 63.5 Å². The molecule has 0 heterocycles. The molecule has 1 atom stereocenters. The zero-order chi connectivity index (χ0) is 7.40. The van der Waals surface area contributed by atoms with E-state index >= 15 is 0 Å². The van der Waals surface area contributed by atoms with Gasteiger partial charge in [-0.15, -0.1) is 0 Å². The highest BCUT2D eigenvalue weighted by Crippen LogP contribution is 2.16. The average molecular weight is 139 g/mol. The molecule has 0 saturated heterocycles. The standard InChI is InChI=1S/C9H17N/c1-8-5-3-4-6-9(7-8)10-2/h7,9-10H,3-6H2,1-2H3. The molecule has 1 rings (SSSR count). The van der Waals surface area contributed by atoms with Gasteiger partial charge in [0.25, 0.3) is 0 Å². The first-order valence-electron chi connectivity index (χ1n) is 4.17. The quantitative estimate of drug-likeness (QED) is 0.548. The Morgan fingerprint density at radius 3 is 3.00 bits per heavy atom. The van der Waals surface area contributed by atoms with E-state index in [0.29, 0.717) is 6.04 Å². The normalized spacial score (nSPS) is 27.4. The summed E-state index contributed by atoms with van der Waals surface area (Å²) >= 11 is 0. The number of likely N-dealkylation sites (N-methyl/N-ethyl adjacent to an activating group) is 1. The van der Waals surface area contributed by atoms with Crippen LogP contribution in [-0.4, -0.2) is 13.1 Å². The Morgan fingerprint density at radius 1 is 1.50 bits per heavy atom. The van der Waals surface area contributed by atoms with Crippen molar-refractivity contribution < 1.29 is 0 Å². The van der Waals surface area contributed by atoms with Gasteiger partial charge in [0.05, 0.1) is 0 Å². The third-order valence-electron chi connectivity index (χ3n) is 2.19. The summed E-state index contributed by atoms with van der Waals surface area (Å²) in [5.74, 6) is 0. The van der Waals surface area contributed by atoms with Crippen molar-refractivity contribution in [3.05, 3.63) is 11.6 Å². The van der Waals surface area contributed by atoms with E-state index < -0.39 is 0 Å². The minimum atomic E-state index is 0.641. The highest BCUT2D eigenvalue weighted by molar-refractivity contribution is 5.05. The maximum Gasteiger partial charge on any atom is 0.0249 e. The van der Waals surface area contributed by atoms with Crippen molar-refractivity contribution in [2.75, 3.05) is 7.05 Å². The molecule has 0 aromatic heterocycles. The molecule has 0 aromatic rings. The van der Waals surface area contributed by atoms with E-state index in [4.69, 9.17) is 0 Å². The van der Waals surface area contributed by atoms with Crippen LogP contribution in [0.5, 0.6) is 0 Å². The van der Waals surface area contributed by atoms with E-state index in [2.05, 4.69) is 18.3 Å². The molecule has 0 fully saturated rings. The SMILES string of the molecule is CNC1C=C(C)CCCC1. The van der Waals surface area contributed by atoms with Crippen LogP contribution in [0.15, 0.2) is 11.6 Å². The van der Waals surface area contributed by atoms with Crippen molar-refractivity contribution in [2.24, 2.45) is 0 Å². The van der Waals surface area contributed by atoms with Crippen LogP contribution in [0.1, 0.15) is 32.6 Å². The summed E-state index contributed by atoms with van der Waals surface area (Å²) in [5.41, 5.74) is 1.55. The number of allylic oxidation sites excluding steroid dienone is 1. The molecule has 0 aromatic carbocycles. The largest absolute Gasteiger partial charge is 0.314 e. The minimum Gasteiger partial charge on any atom is -0.314 e. The number of rotatable bonds is 1. The Morgan fingerprint density at radius 2 is 2.30 bits per heavy atom. The predicted octanol–water partition coefficient (Wildman–Crippen LogP) is 2.09. The fraction of sp³-hybridized carbons (Fsp3) is 0.778. The highest BCUT2D eigenvalue weighted by Gasteiger charge is 2.06. The van der Waals surface area contributed by atoms with Crippen molar-refractivity contribution in [1.82, 2.24) is 5.32 Å². The molecule has 0 spiro atoms. The second-order valence-electron chi connectivity index (χ2n) is 3.15. The molecule has 1 nitrogen and oxygen atoms in total. The molecule has 0 saturated carbocycles. The smallest absolute Gasteiger partial charge is 0.0249 e. The van der Waals surface area contributed by atoms with Gasteiger partial charge < -0.3 is 5.32 Å². The van der Waals surface area contributed by atoms with Gasteiger partial charge in [0.2, 0.25) is 0 Å². The van der Waals surface area contributed by atoms with Crippen LogP contribution in [0, 0.1) is 0 Å². The molecule has 1 aliphatic carbocycles. The van der Waals surface area contributed by atoms with Gasteiger partial charge in [0.1, 0.15) is 0 Å². The lowest BCUT2D eigenvalue weighted by molar-refractivity contribution is 0.585. The van der Waals surface area contributed by atoms with Crippen molar-refractivity contribution in [3.63, 3.8) is 0 Å². The highest BCUT2D eigenvalue weighted by atomic mass is 14.9. The molecule has 58 valence electrons. The summed E-state index contributed by atoms with van der Waals surface area (Å²) in [6.45, 7) is 2.23. The molecule has 0 radical (unpaired) electrons. The molecule has 0 aliphatic heterocycles. The zero-order valence-electron chi connectivity index (χ0n) is 6.98. The molecule has 1 aliphatic rings. The van der Waals surface area contributed by atoms with Crippen molar-refractivity contribution in [3.8, 4) is 0 Å². The van der Waals surface area contributed by atoms with E-state index in [1.165, 1.54) is 25.7 Å². The van der Waals surface area contributed by atoms with Crippen LogP contribution in [0.4, 0.5) is 0 Å². The molecular weight excluding hydrogens is 122 g/mol. The van der Waals surface area contributed by atoms with Gasteiger partial charge in [-0.05, 0) is 33.2 Å². The second-order valence-corrected chi connectivity index (χ2v) is 3.15. The van der Waals surface area contributed by atoms with Gasteiger partial charge in [-0.25, -0.2) is 0 Å². The molecule has 1 unspecified atom stereocenters. The monoisotopic (exact) mass is 139 g/mol. The summed E-state index contributed by atoms with van der Waals surface area (Å²) in [7, 11) is 2.04. The lowest BCUT2D eigenvalue weighted by Gasteiger charge is -2.08. The zero-order valence-corrected chi connectivity index (χ0v) is 6.98. The van der Waals surface area contributed by atoms with Gasteiger partial charge in [0.15, 0.2) is 0 Å². The number of hydrogen-bond acceptors (Lipinski definition) is 1. The summed E-state index contributed by atoms with van der Waals surface area (Å²) < 4.78 is 0. The second kappa shape index (κ2) is 3.77. The van der Waals surface area contributed by atoms with E-state index in [1.54, 1.807) is 5.57 Å². The lowest BCUT2D eigenvalue weighted by Crippen LogP contribution is -2.21. The Hall–Kier alpha value is -0.300. The van der Waals surface area contributed by atoms with Gasteiger partial charge in [-0.2, -0.15) is 0 Å². The Kier molecular flexibility index (Phi) is 2.94. The van der Waals surface area contributed by atoms with Crippen LogP contribution >= 0.6 is 0 Å². The first-order valence-corrected chi connectivity index (χ1v) is 4.17. The predicted molar refractivity (Wildman–Crippen MR) is 45.1 cm³/mol. The molecule has 0 amide bonds. The third kappa shape index (κ3) is 2.14. The third-order valence-corrected chi connectivity index (χ3v) is 2.19. The Bertz CT molecular complexity index is 127. The molecule has 0 bridgehead atoms. The van der Waals surface area contributed by atoms with Crippen LogP contribution < -0.4 is 5.32 Å². The fourth-order valence-electron chi connectivity index (χ4n) is 1.51. The summed E-state index contributed by atoms with van der Waals surface area (Å²) in [5, 5.41) is 3.30. The van der Waals surface area contributed by atoms with E-state index in [1.807, 2.05) is 7.05 Å². The molecular formula is C9H17N. The summed E-state index contributed by atoms with van der Waals surface area (Å²) in [6, 6.07) is 0.641. The number of nitrogens with one attached hydrogen (secondary N) is 1.